The second kappa shape index (κ2) is 5.15. The van der Waals surface area contributed by atoms with E-state index in [0.29, 0.717) is 10.8 Å². The highest BCUT2D eigenvalue weighted by Crippen LogP contribution is 2.43. The zero-order valence-electron chi connectivity index (χ0n) is 13.2. The van der Waals surface area contributed by atoms with E-state index in [9.17, 15) is 0 Å². The molecule has 0 aromatic carbocycles. The van der Waals surface area contributed by atoms with Gasteiger partial charge in [-0.1, -0.05) is 47.5 Å². The minimum atomic E-state index is 0.503. The molecule has 1 heteroatoms. The van der Waals surface area contributed by atoms with Crippen LogP contribution in [0.4, 0.5) is 0 Å². The zero-order chi connectivity index (χ0) is 13.4. The standard InChI is InChI=1S/C17H33N/c1-16(2,3)14-10-15(11-14)18-12-17(4,5)13-8-6-7-9-13/h13-15,18H,6-12H2,1-5H3. The van der Waals surface area contributed by atoms with E-state index in [4.69, 9.17) is 0 Å². The van der Waals surface area contributed by atoms with Crippen molar-refractivity contribution in [2.45, 2.75) is 79.2 Å². The van der Waals surface area contributed by atoms with Gasteiger partial charge in [-0.2, -0.15) is 0 Å². The molecule has 2 fully saturated rings. The van der Waals surface area contributed by atoms with Crippen molar-refractivity contribution >= 4 is 0 Å². The minimum absolute atomic E-state index is 0.503. The van der Waals surface area contributed by atoms with Crippen molar-refractivity contribution in [2.75, 3.05) is 6.54 Å². The molecule has 0 bridgehead atoms. The molecule has 106 valence electrons. The Labute approximate surface area is 114 Å². The van der Waals surface area contributed by atoms with Gasteiger partial charge in [0.1, 0.15) is 0 Å². The van der Waals surface area contributed by atoms with Crippen molar-refractivity contribution in [3.05, 3.63) is 0 Å². The highest BCUT2D eigenvalue weighted by atomic mass is 14.9. The molecule has 0 aromatic heterocycles. The fourth-order valence-corrected chi connectivity index (χ4v) is 3.75. The third-order valence-electron chi connectivity index (χ3n) is 5.67. The van der Waals surface area contributed by atoms with Crippen molar-refractivity contribution in [1.82, 2.24) is 5.32 Å². The van der Waals surface area contributed by atoms with Crippen molar-refractivity contribution in [3.8, 4) is 0 Å². The van der Waals surface area contributed by atoms with Crippen LogP contribution < -0.4 is 5.32 Å². The maximum atomic E-state index is 3.84. The molecule has 0 aliphatic heterocycles. The van der Waals surface area contributed by atoms with E-state index >= 15 is 0 Å². The molecule has 0 radical (unpaired) electrons. The predicted molar refractivity (Wildman–Crippen MR) is 79.7 cm³/mol. The van der Waals surface area contributed by atoms with E-state index in [0.717, 1.165) is 17.9 Å². The summed E-state index contributed by atoms with van der Waals surface area (Å²) in [6.07, 6.45) is 8.63. The molecule has 18 heavy (non-hydrogen) atoms. The van der Waals surface area contributed by atoms with Crippen LogP contribution in [0.25, 0.3) is 0 Å². The summed E-state index contributed by atoms with van der Waals surface area (Å²) in [5.41, 5.74) is 1.02. The maximum absolute atomic E-state index is 3.84. The lowest BCUT2D eigenvalue weighted by Crippen LogP contribution is -2.49. The largest absolute Gasteiger partial charge is 0.313 e. The summed E-state index contributed by atoms with van der Waals surface area (Å²) in [7, 11) is 0. The first-order valence-electron chi connectivity index (χ1n) is 8.02. The summed E-state index contributed by atoms with van der Waals surface area (Å²) in [4.78, 5) is 0. The van der Waals surface area contributed by atoms with Gasteiger partial charge >= 0.3 is 0 Å². The lowest BCUT2D eigenvalue weighted by Gasteiger charge is -2.45. The van der Waals surface area contributed by atoms with Gasteiger partial charge in [-0.15, -0.1) is 0 Å². The second-order valence-corrected chi connectivity index (χ2v) is 8.58. The summed E-state index contributed by atoms with van der Waals surface area (Å²) >= 11 is 0. The molecular weight excluding hydrogens is 218 g/mol. The third kappa shape index (κ3) is 3.29. The zero-order valence-corrected chi connectivity index (χ0v) is 13.2. The third-order valence-corrected chi connectivity index (χ3v) is 5.67. The van der Waals surface area contributed by atoms with Crippen molar-refractivity contribution in [2.24, 2.45) is 22.7 Å². The van der Waals surface area contributed by atoms with Crippen LogP contribution in [0.2, 0.25) is 0 Å². The summed E-state index contributed by atoms with van der Waals surface area (Å²) in [6, 6.07) is 0.801. The van der Waals surface area contributed by atoms with E-state index in [1.54, 1.807) is 0 Å². The fourth-order valence-electron chi connectivity index (χ4n) is 3.75. The Kier molecular flexibility index (Phi) is 4.11. The van der Waals surface area contributed by atoms with Gasteiger partial charge in [0.05, 0.1) is 0 Å². The Morgan fingerprint density at radius 2 is 1.44 bits per heavy atom. The van der Waals surface area contributed by atoms with E-state index in [2.05, 4.69) is 39.9 Å². The van der Waals surface area contributed by atoms with Gasteiger partial charge in [0.15, 0.2) is 0 Å². The molecule has 0 aromatic rings. The van der Waals surface area contributed by atoms with Gasteiger partial charge in [0, 0.05) is 12.6 Å². The lowest BCUT2D eigenvalue weighted by atomic mass is 9.65. The quantitative estimate of drug-likeness (QED) is 0.769. The van der Waals surface area contributed by atoms with Crippen LogP contribution in [-0.4, -0.2) is 12.6 Å². The van der Waals surface area contributed by atoms with Crippen LogP contribution in [0.1, 0.15) is 73.1 Å². The van der Waals surface area contributed by atoms with Gasteiger partial charge in [-0.3, -0.25) is 0 Å². The summed E-state index contributed by atoms with van der Waals surface area (Å²) < 4.78 is 0. The molecule has 0 heterocycles. The molecule has 0 amide bonds. The molecule has 2 aliphatic rings. The molecule has 2 aliphatic carbocycles. The molecule has 2 rings (SSSR count). The number of rotatable bonds is 4. The van der Waals surface area contributed by atoms with Gasteiger partial charge < -0.3 is 5.32 Å². The first kappa shape index (κ1) is 14.4. The fraction of sp³-hybridized carbons (Fsp3) is 1.00. The number of hydrogen-bond donors (Lipinski definition) is 1. The first-order valence-corrected chi connectivity index (χ1v) is 8.02. The number of hydrogen-bond acceptors (Lipinski definition) is 1. The Morgan fingerprint density at radius 3 is 1.94 bits per heavy atom. The van der Waals surface area contributed by atoms with Crippen molar-refractivity contribution < 1.29 is 0 Å². The average molecular weight is 251 g/mol. The molecule has 0 saturated heterocycles. The molecule has 0 spiro atoms. The summed E-state index contributed by atoms with van der Waals surface area (Å²) in [6.45, 7) is 13.3. The van der Waals surface area contributed by atoms with Crippen molar-refractivity contribution in [1.29, 1.82) is 0 Å². The highest BCUT2D eigenvalue weighted by molar-refractivity contribution is 4.93. The van der Waals surface area contributed by atoms with Gasteiger partial charge in [0.25, 0.3) is 0 Å². The van der Waals surface area contributed by atoms with E-state index in [1.807, 2.05) is 0 Å². The van der Waals surface area contributed by atoms with E-state index in [1.165, 1.54) is 45.1 Å². The maximum Gasteiger partial charge on any atom is 0.00729 e. The molecular formula is C17H33N. The predicted octanol–water partition coefficient (Wildman–Crippen LogP) is 4.62. The summed E-state index contributed by atoms with van der Waals surface area (Å²) in [5, 5.41) is 3.84. The lowest BCUT2D eigenvalue weighted by molar-refractivity contribution is 0.0855. The number of nitrogens with one attached hydrogen (secondary N) is 1. The SMILES string of the molecule is CC(C)(C)C1CC(NCC(C)(C)C2CCCC2)C1. The molecule has 1 N–H and O–H groups in total. The minimum Gasteiger partial charge on any atom is -0.313 e. The summed E-state index contributed by atoms with van der Waals surface area (Å²) in [5.74, 6) is 1.90. The average Bonchev–Trinajstić information content (AvgIpc) is 2.65. The van der Waals surface area contributed by atoms with Gasteiger partial charge in [0.2, 0.25) is 0 Å². The van der Waals surface area contributed by atoms with Crippen LogP contribution in [0.5, 0.6) is 0 Å². The monoisotopic (exact) mass is 251 g/mol. The second-order valence-electron chi connectivity index (χ2n) is 8.58. The van der Waals surface area contributed by atoms with Crippen LogP contribution >= 0.6 is 0 Å². The van der Waals surface area contributed by atoms with E-state index in [-0.39, 0.29) is 0 Å². The normalized spacial score (nSPS) is 30.5. The Balaban J connectivity index is 1.70. The molecule has 0 unspecified atom stereocenters. The Morgan fingerprint density at radius 1 is 0.889 bits per heavy atom. The first-order chi connectivity index (χ1) is 8.29. The molecule has 0 atom stereocenters. The van der Waals surface area contributed by atoms with Crippen LogP contribution in [0, 0.1) is 22.7 Å². The Hall–Kier alpha value is -0.0400. The highest BCUT2D eigenvalue weighted by Gasteiger charge is 2.38. The topological polar surface area (TPSA) is 12.0 Å². The molecule has 1 nitrogen and oxygen atoms in total. The smallest absolute Gasteiger partial charge is 0.00729 e. The van der Waals surface area contributed by atoms with Crippen molar-refractivity contribution in [3.63, 3.8) is 0 Å². The van der Waals surface area contributed by atoms with Crippen LogP contribution in [0.15, 0.2) is 0 Å². The van der Waals surface area contributed by atoms with Crippen LogP contribution in [0.3, 0.4) is 0 Å². The van der Waals surface area contributed by atoms with Gasteiger partial charge in [-0.05, 0) is 48.3 Å². The van der Waals surface area contributed by atoms with Gasteiger partial charge in [-0.25, -0.2) is 0 Å². The molecule has 2 saturated carbocycles. The van der Waals surface area contributed by atoms with Crippen LogP contribution in [-0.2, 0) is 0 Å². The Bertz CT molecular complexity index is 262. The van der Waals surface area contributed by atoms with E-state index < -0.39 is 0 Å².